The van der Waals surface area contributed by atoms with E-state index in [2.05, 4.69) is 20.4 Å². The van der Waals surface area contributed by atoms with Crippen LogP contribution in [0.2, 0.25) is 0 Å². The van der Waals surface area contributed by atoms with Crippen molar-refractivity contribution in [2.45, 2.75) is 43.0 Å². The number of nitrogens with zero attached hydrogens (tertiary/aromatic N) is 4. The van der Waals surface area contributed by atoms with Crippen LogP contribution in [0, 0.1) is 5.92 Å². The zero-order valence-electron chi connectivity index (χ0n) is 16.9. The number of furan rings is 1. The summed E-state index contributed by atoms with van der Waals surface area (Å²) in [5.74, 6) is 1.85. The van der Waals surface area contributed by atoms with Crippen molar-refractivity contribution in [2.75, 3.05) is 36.8 Å². The molecule has 0 atom stereocenters. The van der Waals surface area contributed by atoms with E-state index < -0.39 is 0 Å². The molecule has 0 aromatic carbocycles. The Kier molecular flexibility index (Phi) is 7.27. The molecule has 1 saturated carbocycles. The molecule has 162 valence electrons. The van der Waals surface area contributed by atoms with Crippen molar-refractivity contribution in [3.63, 3.8) is 0 Å². The Morgan fingerprint density at radius 1 is 1.20 bits per heavy atom. The van der Waals surface area contributed by atoms with Crippen LogP contribution in [0.15, 0.2) is 27.2 Å². The molecule has 4 rings (SSSR count). The molecule has 2 aromatic heterocycles. The largest absolute Gasteiger partial charge is 0.467 e. The predicted molar refractivity (Wildman–Crippen MR) is 117 cm³/mol. The number of anilines is 1. The minimum absolute atomic E-state index is 0.0671. The second kappa shape index (κ2) is 10.3. The molecule has 1 aliphatic carbocycles. The predicted octanol–water partition coefficient (Wildman–Crippen LogP) is 2.77. The molecule has 10 heteroatoms. The summed E-state index contributed by atoms with van der Waals surface area (Å²) in [5.41, 5.74) is 0. The molecule has 2 aliphatic rings. The normalized spacial score (nSPS) is 17.5. The van der Waals surface area contributed by atoms with Gasteiger partial charge in [0.05, 0.1) is 18.6 Å². The number of hydrogen-bond donors (Lipinski definition) is 1. The Morgan fingerprint density at radius 3 is 2.73 bits per heavy atom. The van der Waals surface area contributed by atoms with Gasteiger partial charge in [0.25, 0.3) is 0 Å². The molecule has 0 radical (unpaired) electrons. The Balaban J connectivity index is 1.18. The number of piperazine rings is 1. The Morgan fingerprint density at radius 2 is 2.00 bits per heavy atom. The van der Waals surface area contributed by atoms with Crippen LogP contribution in [0.25, 0.3) is 0 Å². The zero-order chi connectivity index (χ0) is 20.8. The lowest BCUT2D eigenvalue weighted by Gasteiger charge is -2.34. The maximum absolute atomic E-state index is 12.5. The lowest BCUT2D eigenvalue weighted by Crippen LogP contribution is -2.49. The van der Waals surface area contributed by atoms with Crippen molar-refractivity contribution in [2.24, 2.45) is 5.92 Å². The molecule has 1 saturated heterocycles. The van der Waals surface area contributed by atoms with Crippen LogP contribution in [0.3, 0.4) is 0 Å². The molecule has 0 spiro atoms. The van der Waals surface area contributed by atoms with Crippen molar-refractivity contribution < 1.29 is 14.0 Å². The fraction of sp³-hybridized carbons (Fsp3) is 0.600. The van der Waals surface area contributed by atoms with Gasteiger partial charge < -0.3 is 19.5 Å². The van der Waals surface area contributed by atoms with Gasteiger partial charge in [0, 0.05) is 32.6 Å². The number of thioether (sulfide) groups is 1. The molecule has 2 aromatic rings. The summed E-state index contributed by atoms with van der Waals surface area (Å²) in [7, 11) is 0. The number of nitrogens with one attached hydrogen (secondary N) is 1. The van der Waals surface area contributed by atoms with Crippen LogP contribution in [0.1, 0.15) is 37.9 Å². The Bertz CT molecular complexity index is 827. The second-order valence-electron chi connectivity index (χ2n) is 7.72. The lowest BCUT2D eigenvalue weighted by molar-refractivity contribution is -0.132. The van der Waals surface area contributed by atoms with E-state index in [1.165, 1.54) is 48.8 Å². The second-order valence-corrected chi connectivity index (χ2v) is 9.90. The number of hydrogen-bond acceptors (Lipinski definition) is 8. The molecule has 1 N–H and O–H groups in total. The molecular weight excluding hydrogens is 422 g/mol. The third-order valence-corrected chi connectivity index (χ3v) is 7.72. The van der Waals surface area contributed by atoms with E-state index in [4.69, 9.17) is 4.42 Å². The lowest BCUT2D eigenvalue weighted by atomic mass is 10.0. The SMILES string of the molecule is O=C(CSc1nnc(N2CCN(C(=O)CC3CCCC3)CC2)s1)NCc1ccco1. The molecule has 0 bridgehead atoms. The maximum Gasteiger partial charge on any atom is 0.230 e. The van der Waals surface area contributed by atoms with E-state index >= 15 is 0 Å². The van der Waals surface area contributed by atoms with E-state index in [9.17, 15) is 9.59 Å². The monoisotopic (exact) mass is 449 g/mol. The van der Waals surface area contributed by atoms with Gasteiger partial charge in [-0.25, -0.2) is 0 Å². The Labute approximate surface area is 184 Å². The summed E-state index contributed by atoms with van der Waals surface area (Å²) >= 11 is 2.88. The van der Waals surface area contributed by atoms with Crippen molar-refractivity contribution in [3.8, 4) is 0 Å². The van der Waals surface area contributed by atoms with Gasteiger partial charge in [-0.05, 0) is 30.9 Å². The van der Waals surface area contributed by atoms with Gasteiger partial charge in [0.1, 0.15) is 5.76 Å². The average Bonchev–Trinajstić information content (AvgIpc) is 3.54. The topological polar surface area (TPSA) is 91.6 Å². The van der Waals surface area contributed by atoms with Crippen molar-refractivity contribution in [3.05, 3.63) is 24.2 Å². The number of amides is 2. The van der Waals surface area contributed by atoms with Gasteiger partial charge in [-0.15, -0.1) is 10.2 Å². The molecule has 2 amide bonds. The van der Waals surface area contributed by atoms with Crippen molar-refractivity contribution in [1.82, 2.24) is 20.4 Å². The van der Waals surface area contributed by atoms with Gasteiger partial charge in [-0.2, -0.15) is 0 Å². The van der Waals surface area contributed by atoms with Crippen LogP contribution in [-0.2, 0) is 16.1 Å². The molecule has 8 nitrogen and oxygen atoms in total. The van der Waals surface area contributed by atoms with Crippen LogP contribution in [0.4, 0.5) is 5.13 Å². The van der Waals surface area contributed by atoms with Gasteiger partial charge in [-0.1, -0.05) is 35.9 Å². The van der Waals surface area contributed by atoms with Crippen molar-refractivity contribution in [1.29, 1.82) is 0 Å². The fourth-order valence-electron chi connectivity index (χ4n) is 3.90. The Hall–Kier alpha value is -2.07. The van der Waals surface area contributed by atoms with Gasteiger partial charge in [0.2, 0.25) is 16.9 Å². The molecule has 0 unspecified atom stereocenters. The van der Waals surface area contributed by atoms with E-state index in [1.54, 1.807) is 12.3 Å². The molecule has 1 aliphatic heterocycles. The summed E-state index contributed by atoms with van der Waals surface area (Å²) in [6.45, 7) is 3.42. The summed E-state index contributed by atoms with van der Waals surface area (Å²) < 4.78 is 5.98. The first kappa shape index (κ1) is 21.2. The van der Waals surface area contributed by atoms with Gasteiger partial charge in [0.15, 0.2) is 4.34 Å². The molecule has 3 heterocycles. The van der Waals surface area contributed by atoms with Gasteiger partial charge >= 0.3 is 0 Å². The highest BCUT2D eigenvalue weighted by atomic mass is 32.2. The minimum atomic E-state index is -0.0671. The number of aromatic nitrogens is 2. The van der Waals surface area contributed by atoms with Gasteiger partial charge in [-0.3, -0.25) is 9.59 Å². The highest BCUT2D eigenvalue weighted by molar-refractivity contribution is 8.01. The van der Waals surface area contributed by atoms with E-state index in [0.717, 1.165) is 41.4 Å². The first-order valence-electron chi connectivity index (χ1n) is 10.5. The maximum atomic E-state index is 12.5. The highest BCUT2D eigenvalue weighted by Gasteiger charge is 2.26. The minimum Gasteiger partial charge on any atom is -0.467 e. The van der Waals surface area contributed by atoms with E-state index in [-0.39, 0.29) is 5.91 Å². The van der Waals surface area contributed by atoms with Crippen LogP contribution in [-0.4, -0.2) is 58.8 Å². The summed E-state index contributed by atoms with van der Waals surface area (Å²) in [4.78, 5) is 28.7. The highest BCUT2D eigenvalue weighted by Crippen LogP contribution is 2.30. The number of carbonyl (C=O) groups excluding carboxylic acids is 2. The summed E-state index contributed by atoms with van der Waals surface area (Å²) in [6.07, 6.45) is 7.26. The van der Waals surface area contributed by atoms with E-state index in [1.807, 2.05) is 11.0 Å². The summed E-state index contributed by atoms with van der Waals surface area (Å²) in [5, 5.41) is 12.2. The number of rotatable bonds is 8. The first-order chi connectivity index (χ1) is 14.7. The third-order valence-electron chi connectivity index (χ3n) is 5.60. The van der Waals surface area contributed by atoms with E-state index in [0.29, 0.717) is 30.5 Å². The number of carbonyl (C=O) groups is 2. The standard InChI is InChI=1S/C20H27N5O3S2/c26-17(21-13-16-6-3-11-28-16)14-29-20-23-22-19(30-20)25-9-7-24(8-10-25)18(27)12-15-4-1-2-5-15/h3,6,11,15H,1-2,4-5,7-10,12-14H2,(H,21,26). The van der Waals surface area contributed by atoms with Crippen LogP contribution >= 0.6 is 23.1 Å². The molecule has 30 heavy (non-hydrogen) atoms. The smallest absolute Gasteiger partial charge is 0.230 e. The van der Waals surface area contributed by atoms with Crippen molar-refractivity contribution >= 4 is 40.0 Å². The summed E-state index contributed by atoms with van der Waals surface area (Å²) in [6, 6.07) is 3.62. The van der Waals surface area contributed by atoms with Crippen LogP contribution in [0.5, 0.6) is 0 Å². The fourth-order valence-corrected chi connectivity index (χ4v) is 5.63. The molecule has 2 fully saturated rings. The third kappa shape index (κ3) is 5.75. The van der Waals surface area contributed by atoms with Crippen LogP contribution < -0.4 is 10.2 Å². The zero-order valence-corrected chi connectivity index (χ0v) is 18.6. The average molecular weight is 450 g/mol. The molecular formula is C20H27N5O3S2. The quantitative estimate of drug-likeness (QED) is 0.620. The first-order valence-corrected chi connectivity index (χ1v) is 12.3.